The molecule has 0 aromatic heterocycles. The highest BCUT2D eigenvalue weighted by Crippen LogP contribution is 2.14. The van der Waals surface area contributed by atoms with Crippen LogP contribution in [0, 0.1) is 5.92 Å². The summed E-state index contributed by atoms with van der Waals surface area (Å²) in [6.07, 6.45) is 2.49. The Morgan fingerprint density at radius 3 is 2.73 bits per heavy atom. The zero-order chi connectivity index (χ0) is 11.1. The van der Waals surface area contributed by atoms with E-state index in [2.05, 4.69) is 4.90 Å². The van der Waals surface area contributed by atoms with Gasteiger partial charge >= 0.3 is 0 Å². The van der Waals surface area contributed by atoms with Gasteiger partial charge in [0.15, 0.2) is 0 Å². The maximum atomic E-state index is 10.5. The Morgan fingerprint density at radius 1 is 1.53 bits per heavy atom. The number of β-amino-alcohol motifs (C(OH)–C–C–N with tert-alkyl or cyclic N) is 1. The van der Waals surface area contributed by atoms with Crippen LogP contribution in [-0.2, 0) is 9.53 Å². The monoisotopic (exact) mass is 215 g/mol. The highest BCUT2D eigenvalue weighted by molar-refractivity contribution is 5.53. The summed E-state index contributed by atoms with van der Waals surface area (Å²) in [6, 6.07) is 0. The summed E-state index contributed by atoms with van der Waals surface area (Å²) >= 11 is 0. The van der Waals surface area contributed by atoms with Crippen LogP contribution in [0.2, 0.25) is 0 Å². The van der Waals surface area contributed by atoms with Gasteiger partial charge in [0, 0.05) is 19.1 Å². The summed E-state index contributed by atoms with van der Waals surface area (Å²) in [5, 5.41) is 9.62. The van der Waals surface area contributed by atoms with Crippen LogP contribution in [0.25, 0.3) is 0 Å². The average Bonchev–Trinajstić information content (AvgIpc) is 2.27. The van der Waals surface area contributed by atoms with Crippen LogP contribution in [0.4, 0.5) is 0 Å². The Morgan fingerprint density at radius 2 is 2.20 bits per heavy atom. The lowest BCUT2D eigenvalue weighted by Gasteiger charge is -2.30. The number of aldehydes is 1. The number of likely N-dealkylation sites (tertiary alicyclic amines) is 1. The van der Waals surface area contributed by atoms with Crippen LogP contribution in [0.1, 0.15) is 19.8 Å². The fourth-order valence-electron chi connectivity index (χ4n) is 1.88. The summed E-state index contributed by atoms with van der Waals surface area (Å²) in [7, 11) is 0. The molecule has 1 rings (SSSR count). The van der Waals surface area contributed by atoms with Crippen molar-refractivity contribution >= 4 is 6.29 Å². The predicted molar refractivity (Wildman–Crippen MR) is 57.7 cm³/mol. The average molecular weight is 215 g/mol. The van der Waals surface area contributed by atoms with Gasteiger partial charge in [-0.25, -0.2) is 0 Å². The van der Waals surface area contributed by atoms with Gasteiger partial charge in [-0.05, 0) is 32.9 Å². The molecule has 88 valence electrons. The Labute approximate surface area is 91.2 Å². The van der Waals surface area contributed by atoms with Gasteiger partial charge in [0.1, 0.15) is 6.29 Å². The minimum Gasteiger partial charge on any atom is -0.389 e. The minimum atomic E-state index is -0.405. The number of piperidine rings is 1. The molecule has 1 saturated heterocycles. The fourth-order valence-corrected chi connectivity index (χ4v) is 1.88. The van der Waals surface area contributed by atoms with Gasteiger partial charge in [-0.3, -0.25) is 0 Å². The maximum absolute atomic E-state index is 10.5. The first-order chi connectivity index (χ1) is 7.26. The number of hydrogen-bond acceptors (Lipinski definition) is 4. The highest BCUT2D eigenvalue weighted by Gasteiger charge is 2.20. The molecule has 1 unspecified atom stereocenters. The van der Waals surface area contributed by atoms with E-state index in [1.807, 2.05) is 6.92 Å². The van der Waals surface area contributed by atoms with E-state index in [0.717, 1.165) is 32.2 Å². The van der Waals surface area contributed by atoms with Crippen LogP contribution >= 0.6 is 0 Å². The zero-order valence-electron chi connectivity index (χ0n) is 9.39. The summed E-state index contributed by atoms with van der Waals surface area (Å²) in [6.45, 7) is 5.45. The second-order valence-electron chi connectivity index (χ2n) is 4.09. The molecule has 0 aromatic carbocycles. The first kappa shape index (κ1) is 12.6. The molecule has 0 amide bonds. The van der Waals surface area contributed by atoms with Crippen LogP contribution in [-0.4, -0.2) is 55.2 Å². The fraction of sp³-hybridized carbons (Fsp3) is 0.909. The number of aliphatic hydroxyl groups is 1. The van der Waals surface area contributed by atoms with Crippen LogP contribution in [0.15, 0.2) is 0 Å². The molecule has 1 fully saturated rings. The molecular formula is C11H21NO3. The highest BCUT2D eigenvalue weighted by atomic mass is 16.5. The summed E-state index contributed by atoms with van der Waals surface area (Å²) in [5.74, 6) is 0.227. The molecular weight excluding hydrogens is 194 g/mol. The topological polar surface area (TPSA) is 49.8 Å². The molecule has 1 aliphatic heterocycles. The van der Waals surface area contributed by atoms with E-state index in [4.69, 9.17) is 4.74 Å². The van der Waals surface area contributed by atoms with Gasteiger partial charge in [-0.15, -0.1) is 0 Å². The molecule has 15 heavy (non-hydrogen) atoms. The Hall–Kier alpha value is -0.450. The molecule has 0 saturated carbocycles. The Kier molecular flexibility index (Phi) is 5.83. The molecule has 0 radical (unpaired) electrons. The van der Waals surface area contributed by atoms with E-state index >= 15 is 0 Å². The van der Waals surface area contributed by atoms with Gasteiger partial charge in [0.2, 0.25) is 0 Å². The zero-order valence-corrected chi connectivity index (χ0v) is 9.39. The van der Waals surface area contributed by atoms with Crippen LogP contribution in [0.5, 0.6) is 0 Å². The van der Waals surface area contributed by atoms with E-state index in [1.165, 1.54) is 0 Å². The molecule has 1 atom stereocenters. The van der Waals surface area contributed by atoms with E-state index in [-0.39, 0.29) is 5.92 Å². The van der Waals surface area contributed by atoms with Crippen molar-refractivity contribution in [1.82, 2.24) is 4.90 Å². The van der Waals surface area contributed by atoms with Gasteiger partial charge in [0.25, 0.3) is 0 Å². The lowest BCUT2D eigenvalue weighted by Crippen LogP contribution is -2.40. The quantitative estimate of drug-likeness (QED) is 0.647. The molecule has 0 aliphatic carbocycles. The second kappa shape index (κ2) is 6.93. The maximum Gasteiger partial charge on any atom is 0.123 e. The molecule has 1 N–H and O–H groups in total. The lowest BCUT2D eigenvalue weighted by molar-refractivity contribution is -0.112. The number of carbonyl (C=O) groups is 1. The first-order valence-electron chi connectivity index (χ1n) is 5.69. The van der Waals surface area contributed by atoms with Crippen molar-refractivity contribution in [1.29, 1.82) is 0 Å². The molecule has 4 nitrogen and oxygen atoms in total. The van der Waals surface area contributed by atoms with E-state index in [1.54, 1.807) is 0 Å². The molecule has 1 heterocycles. The SMILES string of the molecule is CCOCC(O)CN1CCC(C=O)CC1. The molecule has 4 heteroatoms. The summed E-state index contributed by atoms with van der Waals surface area (Å²) in [5.41, 5.74) is 0. The third-order valence-corrected chi connectivity index (χ3v) is 2.81. The van der Waals surface area contributed by atoms with Crippen molar-refractivity contribution in [2.45, 2.75) is 25.9 Å². The molecule has 0 bridgehead atoms. The summed E-state index contributed by atoms with van der Waals surface area (Å²) < 4.78 is 5.15. The largest absolute Gasteiger partial charge is 0.389 e. The number of nitrogens with zero attached hydrogens (tertiary/aromatic N) is 1. The van der Waals surface area contributed by atoms with Gasteiger partial charge < -0.3 is 19.5 Å². The van der Waals surface area contributed by atoms with Crippen LogP contribution in [0.3, 0.4) is 0 Å². The number of carbonyl (C=O) groups excluding carboxylic acids is 1. The van der Waals surface area contributed by atoms with Crippen molar-refractivity contribution in [3.63, 3.8) is 0 Å². The normalized spacial score (nSPS) is 21.5. The molecule has 1 aliphatic rings. The third kappa shape index (κ3) is 4.73. The standard InChI is InChI=1S/C11H21NO3/c1-2-15-9-11(14)7-12-5-3-10(8-13)4-6-12/h8,10-11,14H,2-7,9H2,1H3. The second-order valence-corrected chi connectivity index (χ2v) is 4.09. The first-order valence-corrected chi connectivity index (χ1v) is 5.69. The van der Waals surface area contributed by atoms with Gasteiger partial charge in [-0.1, -0.05) is 0 Å². The van der Waals surface area contributed by atoms with Crippen molar-refractivity contribution in [3.8, 4) is 0 Å². The van der Waals surface area contributed by atoms with Crippen molar-refractivity contribution < 1.29 is 14.6 Å². The number of hydrogen-bond donors (Lipinski definition) is 1. The van der Waals surface area contributed by atoms with Crippen LogP contribution < -0.4 is 0 Å². The summed E-state index contributed by atoms with van der Waals surface area (Å²) in [4.78, 5) is 12.7. The Bertz CT molecular complexity index is 179. The minimum absolute atomic E-state index is 0.227. The number of rotatable bonds is 6. The molecule has 0 aromatic rings. The molecule has 0 spiro atoms. The number of aliphatic hydroxyl groups excluding tert-OH is 1. The van der Waals surface area contributed by atoms with Gasteiger partial charge in [0.05, 0.1) is 12.7 Å². The van der Waals surface area contributed by atoms with E-state index < -0.39 is 6.10 Å². The van der Waals surface area contributed by atoms with E-state index in [0.29, 0.717) is 19.8 Å². The smallest absolute Gasteiger partial charge is 0.123 e. The van der Waals surface area contributed by atoms with E-state index in [9.17, 15) is 9.90 Å². The predicted octanol–water partition coefficient (Wildman–Crippen LogP) is 0.295. The lowest BCUT2D eigenvalue weighted by atomic mass is 9.98. The Balaban J connectivity index is 2.14. The van der Waals surface area contributed by atoms with Crippen molar-refractivity contribution in [2.24, 2.45) is 5.92 Å². The van der Waals surface area contributed by atoms with Gasteiger partial charge in [-0.2, -0.15) is 0 Å². The number of ether oxygens (including phenoxy) is 1. The van der Waals surface area contributed by atoms with Crippen molar-refractivity contribution in [3.05, 3.63) is 0 Å². The van der Waals surface area contributed by atoms with Crippen molar-refractivity contribution in [2.75, 3.05) is 32.8 Å². The third-order valence-electron chi connectivity index (χ3n) is 2.81.